The first-order chi connectivity index (χ1) is 28.8. The molecule has 4 heteroatoms. The molecule has 11 aromatic rings. The molecule has 2 nitrogen and oxygen atoms in total. The largest absolute Gasteiger partial charge is 0.456 e. The molecule has 1 aliphatic rings. The molecule has 3 heterocycles. The van der Waals surface area contributed by atoms with Gasteiger partial charge in [-0.25, -0.2) is 0 Å². The molecule has 0 saturated carbocycles. The van der Waals surface area contributed by atoms with Gasteiger partial charge in [-0.05, 0) is 91.5 Å². The fourth-order valence-electron chi connectivity index (χ4n) is 9.68. The van der Waals surface area contributed by atoms with Crippen molar-refractivity contribution in [2.75, 3.05) is 4.90 Å². The van der Waals surface area contributed by atoms with Gasteiger partial charge in [-0.1, -0.05) is 164 Å². The Morgan fingerprint density at radius 3 is 1.81 bits per heavy atom. The van der Waals surface area contributed by atoms with Crippen LogP contribution in [0.15, 0.2) is 217 Å². The Kier molecular flexibility index (Phi) is 7.46. The zero-order chi connectivity index (χ0) is 38.2. The predicted octanol–water partition coefficient (Wildman–Crippen LogP) is 12.4. The predicted molar refractivity (Wildman–Crippen MR) is 249 cm³/mol. The lowest BCUT2D eigenvalue weighted by molar-refractivity contribution is 0.669. The van der Waals surface area contributed by atoms with Crippen molar-refractivity contribution in [2.24, 2.45) is 0 Å². The molecule has 0 atom stereocenters. The summed E-state index contributed by atoms with van der Waals surface area (Å²) in [4.78, 5) is 2.45. The topological polar surface area (TPSA) is 16.4 Å². The number of fused-ring (bicyclic) bond motifs is 10. The van der Waals surface area contributed by atoms with Crippen LogP contribution in [-0.2, 0) is 0 Å². The van der Waals surface area contributed by atoms with Gasteiger partial charge in [0.2, 0.25) is 0 Å². The SMILES string of the molecule is c1ccc(-c2ccc(N(c3ccc4c(c3)[Si](c3ccccc3)(c3ccccc3)c3ccc5c(sc6ccccc65)c3-4)c3cccc4oc5ccccc5c34)cc2)cc1. The third kappa shape index (κ3) is 4.83. The summed E-state index contributed by atoms with van der Waals surface area (Å²) >= 11 is 1.93. The van der Waals surface area contributed by atoms with Crippen molar-refractivity contribution in [1.82, 2.24) is 0 Å². The fourth-order valence-corrected chi connectivity index (χ4v) is 16.2. The smallest absolute Gasteiger partial charge is 0.181 e. The molecule has 0 unspecified atom stereocenters. The monoisotopic (exact) mass is 773 g/mol. The molecular weight excluding hydrogens is 739 g/mol. The summed E-state index contributed by atoms with van der Waals surface area (Å²) in [5.74, 6) is 0. The van der Waals surface area contributed by atoms with E-state index in [1.165, 1.54) is 63.2 Å². The summed E-state index contributed by atoms with van der Waals surface area (Å²) in [5.41, 5.74) is 10.2. The van der Waals surface area contributed by atoms with Crippen LogP contribution in [-0.4, -0.2) is 8.07 Å². The van der Waals surface area contributed by atoms with E-state index in [-0.39, 0.29) is 0 Å². The average molecular weight is 774 g/mol. The minimum Gasteiger partial charge on any atom is -0.456 e. The van der Waals surface area contributed by atoms with Crippen molar-refractivity contribution in [1.29, 1.82) is 0 Å². The lowest BCUT2D eigenvalue weighted by atomic mass is 10.0. The Morgan fingerprint density at radius 2 is 1.05 bits per heavy atom. The number of rotatable bonds is 6. The van der Waals surface area contributed by atoms with Gasteiger partial charge in [0.15, 0.2) is 8.07 Å². The van der Waals surface area contributed by atoms with Gasteiger partial charge in [0.25, 0.3) is 0 Å². The van der Waals surface area contributed by atoms with E-state index in [9.17, 15) is 0 Å². The van der Waals surface area contributed by atoms with Gasteiger partial charge in [-0.2, -0.15) is 0 Å². The van der Waals surface area contributed by atoms with Crippen LogP contribution < -0.4 is 25.6 Å². The minimum absolute atomic E-state index is 0.877. The first kappa shape index (κ1) is 33.2. The molecule has 0 amide bonds. The van der Waals surface area contributed by atoms with Crippen molar-refractivity contribution in [3.63, 3.8) is 0 Å². The van der Waals surface area contributed by atoms with Crippen molar-refractivity contribution < 1.29 is 4.42 Å². The van der Waals surface area contributed by atoms with Crippen LogP contribution in [0.4, 0.5) is 17.1 Å². The average Bonchev–Trinajstić information content (AvgIpc) is 3.96. The molecule has 9 aromatic carbocycles. The lowest BCUT2D eigenvalue weighted by Crippen LogP contribution is -2.72. The molecular formula is C54H35NOSSi. The fraction of sp³-hybridized carbons (Fsp3) is 0. The van der Waals surface area contributed by atoms with E-state index in [2.05, 4.69) is 211 Å². The van der Waals surface area contributed by atoms with E-state index in [4.69, 9.17) is 4.42 Å². The quantitative estimate of drug-likeness (QED) is 0.157. The molecule has 58 heavy (non-hydrogen) atoms. The van der Waals surface area contributed by atoms with Gasteiger partial charge in [0.1, 0.15) is 11.2 Å². The van der Waals surface area contributed by atoms with E-state index >= 15 is 0 Å². The van der Waals surface area contributed by atoms with Gasteiger partial charge in [-0.15, -0.1) is 11.3 Å². The number of para-hydroxylation sites is 1. The van der Waals surface area contributed by atoms with Crippen LogP contribution in [0.2, 0.25) is 0 Å². The van der Waals surface area contributed by atoms with Gasteiger partial charge >= 0.3 is 0 Å². The van der Waals surface area contributed by atoms with Crippen LogP contribution in [0.25, 0.3) is 64.4 Å². The van der Waals surface area contributed by atoms with E-state index in [0.29, 0.717) is 0 Å². The second kappa shape index (κ2) is 13.0. The lowest BCUT2D eigenvalue weighted by Gasteiger charge is -2.33. The summed E-state index contributed by atoms with van der Waals surface area (Å²) in [6, 6.07) is 78.3. The Hall–Kier alpha value is -6.98. The summed E-state index contributed by atoms with van der Waals surface area (Å²) in [6.45, 7) is 0. The third-order valence-electron chi connectivity index (χ3n) is 12.2. The number of thiophene rings is 1. The highest BCUT2D eigenvalue weighted by atomic mass is 32.1. The highest BCUT2D eigenvalue weighted by molar-refractivity contribution is 7.28. The van der Waals surface area contributed by atoms with Crippen molar-refractivity contribution >= 4 is 99.3 Å². The van der Waals surface area contributed by atoms with Crippen LogP contribution >= 0.6 is 11.3 Å². The molecule has 2 aromatic heterocycles. The second-order valence-corrected chi connectivity index (χ2v) is 20.0. The molecule has 12 rings (SSSR count). The maximum absolute atomic E-state index is 6.50. The molecule has 1 aliphatic heterocycles. The van der Waals surface area contributed by atoms with E-state index in [1.54, 1.807) is 0 Å². The zero-order valence-corrected chi connectivity index (χ0v) is 33.3. The molecule has 0 radical (unpaired) electrons. The number of furan rings is 1. The number of hydrogen-bond donors (Lipinski definition) is 0. The van der Waals surface area contributed by atoms with Crippen LogP contribution in [0.5, 0.6) is 0 Å². The van der Waals surface area contributed by atoms with E-state index in [1.807, 2.05) is 17.4 Å². The zero-order valence-electron chi connectivity index (χ0n) is 31.5. The van der Waals surface area contributed by atoms with Gasteiger partial charge < -0.3 is 9.32 Å². The third-order valence-corrected chi connectivity index (χ3v) is 18.2. The molecule has 0 spiro atoms. The maximum Gasteiger partial charge on any atom is 0.181 e. The highest BCUT2D eigenvalue weighted by Crippen LogP contribution is 2.46. The van der Waals surface area contributed by atoms with Crippen molar-refractivity contribution in [3.8, 4) is 22.3 Å². The molecule has 0 fully saturated rings. The summed E-state index contributed by atoms with van der Waals surface area (Å²) in [6.07, 6.45) is 0. The van der Waals surface area contributed by atoms with Crippen molar-refractivity contribution in [3.05, 3.63) is 212 Å². The Bertz CT molecular complexity index is 3290. The second-order valence-electron chi connectivity index (χ2n) is 15.2. The number of nitrogens with zero attached hydrogens (tertiary/aromatic N) is 1. The maximum atomic E-state index is 6.50. The molecule has 0 N–H and O–H groups in total. The minimum atomic E-state index is -2.85. The van der Waals surface area contributed by atoms with Gasteiger partial charge in [-0.3, -0.25) is 0 Å². The first-order valence-corrected chi connectivity index (χ1v) is 22.7. The Balaban J connectivity index is 1.17. The Morgan fingerprint density at radius 1 is 0.431 bits per heavy atom. The molecule has 0 aliphatic carbocycles. The van der Waals surface area contributed by atoms with Gasteiger partial charge in [0, 0.05) is 36.9 Å². The van der Waals surface area contributed by atoms with Crippen LogP contribution in [0.3, 0.4) is 0 Å². The first-order valence-electron chi connectivity index (χ1n) is 19.8. The number of hydrogen-bond acceptors (Lipinski definition) is 3. The molecule has 272 valence electrons. The summed E-state index contributed by atoms with van der Waals surface area (Å²) in [7, 11) is -2.85. The van der Waals surface area contributed by atoms with Crippen molar-refractivity contribution in [2.45, 2.75) is 0 Å². The summed E-state index contributed by atoms with van der Waals surface area (Å²) < 4.78 is 9.20. The number of anilines is 3. The highest BCUT2D eigenvalue weighted by Gasteiger charge is 2.49. The van der Waals surface area contributed by atoms with E-state index in [0.717, 1.165) is 39.0 Å². The van der Waals surface area contributed by atoms with Gasteiger partial charge in [0.05, 0.1) is 11.1 Å². The standard InChI is InChI=1S/C54H35NOSSi/c1-4-15-36(16-5-1)37-27-29-38(30-28-37)55(46-23-14-25-48-52(46)44-22-10-12-24-47(44)56-48)39-31-32-45-51(35-39)58(40-17-6-2-7-18-40,41-19-8-3-9-20-41)50-34-33-43-42-21-11-13-26-49(42)57-54(43)53(45)50/h1-35H. The van der Waals surface area contributed by atoms with Crippen LogP contribution in [0, 0.1) is 0 Å². The number of benzene rings is 9. The van der Waals surface area contributed by atoms with E-state index < -0.39 is 8.07 Å². The van der Waals surface area contributed by atoms with Crippen LogP contribution in [0.1, 0.15) is 0 Å². The molecule has 0 bridgehead atoms. The Labute approximate surface area is 341 Å². The normalized spacial score (nSPS) is 13.0. The summed E-state index contributed by atoms with van der Waals surface area (Å²) in [5, 5.41) is 10.5. The molecule has 0 saturated heterocycles.